The van der Waals surface area contributed by atoms with Crippen LogP contribution in [-0.4, -0.2) is 17.2 Å². The molecular weight excluding hydrogens is 256 g/mol. The molecule has 0 fully saturated rings. The maximum atomic E-state index is 11.7. The highest BCUT2D eigenvalue weighted by molar-refractivity contribution is 5.95. The molecule has 0 spiro atoms. The molecule has 6 nitrogen and oxygen atoms in total. The fourth-order valence-corrected chi connectivity index (χ4v) is 1.54. The number of nitrogens with one attached hydrogen (secondary N) is 1. The Hall–Kier alpha value is -3.02. The van der Waals surface area contributed by atoms with E-state index in [9.17, 15) is 4.79 Å². The van der Waals surface area contributed by atoms with Gasteiger partial charge in [0.05, 0.1) is 6.21 Å². The van der Waals surface area contributed by atoms with Crippen molar-refractivity contribution in [3.8, 4) is 5.75 Å². The minimum atomic E-state index is -0.385. The van der Waals surface area contributed by atoms with Gasteiger partial charge >= 0.3 is 0 Å². The highest BCUT2D eigenvalue weighted by Gasteiger charge is 2.03. The lowest BCUT2D eigenvalue weighted by Gasteiger charge is -2.02. The van der Waals surface area contributed by atoms with E-state index >= 15 is 0 Å². The van der Waals surface area contributed by atoms with Crippen LogP contribution < -0.4 is 16.9 Å². The van der Waals surface area contributed by atoms with Crippen molar-refractivity contribution in [1.29, 1.82) is 0 Å². The molecule has 0 bridgehead atoms. The molecule has 6 heteroatoms. The van der Waals surface area contributed by atoms with E-state index in [-0.39, 0.29) is 11.7 Å². The molecular formula is C14H14N4O2. The summed E-state index contributed by atoms with van der Waals surface area (Å²) in [6.45, 7) is 0. The van der Waals surface area contributed by atoms with Gasteiger partial charge in [-0.1, -0.05) is 0 Å². The number of anilines is 2. The fraction of sp³-hybridized carbons (Fsp3) is 0. The first-order valence-corrected chi connectivity index (χ1v) is 5.83. The van der Waals surface area contributed by atoms with E-state index in [0.29, 0.717) is 22.5 Å². The maximum absolute atomic E-state index is 11.7. The average molecular weight is 270 g/mol. The second kappa shape index (κ2) is 5.75. The molecule has 102 valence electrons. The number of phenols is 1. The molecule has 0 saturated heterocycles. The van der Waals surface area contributed by atoms with Gasteiger partial charge in [-0.15, -0.1) is 0 Å². The lowest BCUT2D eigenvalue weighted by atomic mass is 10.2. The lowest BCUT2D eigenvalue weighted by Crippen LogP contribution is -2.17. The molecule has 2 aromatic rings. The van der Waals surface area contributed by atoms with E-state index in [1.54, 1.807) is 18.2 Å². The van der Waals surface area contributed by atoms with Crippen LogP contribution in [0.5, 0.6) is 5.75 Å². The number of hydrogen-bond donors (Lipinski definition) is 4. The van der Waals surface area contributed by atoms with Gasteiger partial charge < -0.3 is 16.6 Å². The van der Waals surface area contributed by atoms with Crippen molar-refractivity contribution in [3.05, 3.63) is 53.6 Å². The van der Waals surface area contributed by atoms with Crippen molar-refractivity contribution < 1.29 is 9.90 Å². The number of rotatable bonds is 3. The standard InChI is InChI=1S/C14H14N4O2/c15-11-3-6-13(16)10(7-11)8-17-18-14(20)9-1-4-12(19)5-2-9/h1-8,19H,15-16H2,(H,18,20). The number of hydrogen-bond acceptors (Lipinski definition) is 5. The summed E-state index contributed by atoms with van der Waals surface area (Å²) in [5.74, 6) is -0.290. The Balaban J connectivity index is 2.04. The Labute approximate surface area is 115 Å². The van der Waals surface area contributed by atoms with Crippen LogP contribution >= 0.6 is 0 Å². The third-order valence-electron chi connectivity index (χ3n) is 2.61. The zero-order valence-corrected chi connectivity index (χ0v) is 10.6. The number of hydrazone groups is 1. The van der Waals surface area contributed by atoms with Crippen LogP contribution in [0.15, 0.2) is 47.6 Å². The maximum Gasteiger partial charge on any atom is 0.271 e. The van der Waals surface area contributed by atoms with Gasteiger partial charge in [0.1, 0.15) is 5.75 Å². The average Bonchev–Trinajstić information content (AvgIpc) is 2.43. The summed E-state index contributed by atoms with van der Waals surface area (Å²) in [5.41, 5.74) is 15.8. The quantitative estimate of drug-likeness (QED) is 0.382. The van der Waals surface area contributed by atoms with Crippen LogP contribution in [0.3, 0.4) is 0 Å². The first kappa shape index (κ1) is 13.4. The molecule has 0 aliphatic rings. The normalized spacial score (nSPS) is 10.6. The largest absolute Gasteiger partial charge is 0.508 e. The van der Waals surface area contributed by atoms with E-state index in [1.807, 2.05) is 0 Å². The van der Waals surface area contributed by atoms with Gasteiger partial charge in [-0.3, -0.25) is 4.79 Å². The van der Waals surface area contributed by atoms with Gasteiger partial charge in [0, 0.05) is 22.5 Å². The molecule has 0 saturated carbocycles. The molecule has 0 aromatic heterocycles. The molecule has 2 aromatic carbocycles. The fourth-order valence-electron chi connectivity index (χ4n) is 1.54. The number of nitrogens with zero attached hydrogens (tertiary/aromatic N) is 1. The number of carbonyl (C=O) groups excluding carboxylic acids is 1. The summed E-state index contributed by atoms with van der Waals surface area (Å²) in [6, 6.07) is 10.8. The van der Waals surface area contributed by atoms with Crippen molar-refractivity contribution >= 4 is 23.5 Å². The number of benzene rings is 2. The highest BCUT2D eigenvalue weighted by atomic mass is 16.3. The zero-order chi connectivity index (χ0) is 14.5. The van der Waals surface area contributed by atoms with E-state index in [1.165, 1.54) is 30.5 Å². The van der Waals surface area contributed by atoms with Crippen LogP contribution in [0.1, 0.15) is 15.9 Å². The van der Waals surface area contributed by atoms with Crippen molar-refractivity contribution in [3.63, 3.8) is 0 Å². The molecule has 0 atom stereocenters. The minimum Gasteiger partial charge on any atom is -0.508 e. The van der Waals surface area contributed by atoms with Gasteiger partial charge in [-0.2, -0.15) is 5.10 Å². The topological polar surface area (TPSA) is 114 Å². The van der Waals surface area contributed by atoms with Crippen molar-refractivity contribution in [2.24, 2.45) is 5.10 Å². The lowest BCUT2D eigenvalue weighted by molar-refractivity contribution is 0.0955. The SMILES string of the molecule is Nc1ccc(N)c(C=NNC(=O)c2ccc(O)cc2)c1. The van der Waals surface area contributed by atoms with Crippen LogP contribution in [0, 0.1) is 0 Å². The first-order valence-electron chi connectivity index (χ1n) is 5.83. The molecule has 0 heterocycles. The minimum absolute atomic E-state index is 0.0950. The van der Waals surface area contributed by atoms with Crippen LogP contribution in [0.4, 0.5) is 11.4 Å². The molecule has 0 unspecified atom stereocenters. The third kappa shape index (κ3) is 3.26. The van der Waals surface area contributed by atoms with Gasteiger partial charge in [0.25, 0.3) is 5.91 Å². The molecule has 1 amide bonds. The van der Waals surface area contributed by atoms with Crippen LogP contribution in [0.2, 0.25) is 0 Å². The van der Waals surface area contributed by atoms with Crippen molar-refractivity contribution in [2.75, 3.05) is 11.5 Å². The number of phenolic OH excluding ortho intramolecular Hbond substituents is 1. The number of carbonyl (C=O) groups is 1. The van der Waals surface area contributed by atoms with Gasteiger partial charge in [0.15, 0.2) is 0 Å². The molecule has 2 rings (SSSR count). The zero-order valence-electron chi connectivity index (χ0n) is 10.6. The summed E-state index contributed by atoms with van der Waals surface area (Å²) in [7, 11) is 0. The summed E-state index contributed by atoms with van der Waals surface area (Å²) in [5, 5.41) is 13.0. The molecule has 6 N–H and O–H groups in total. The Bertz CT molecular complexity index is 651. The summed E-state index contributed by atoms with van der Waals surface area (Å²) in [6.07, 6.45) is 1.42. The second-order valence-corrected chi connectivity index (χ2v) is 4.13. The van der Waals surface area contributed by atoms with Crippen molar-refractivity contribution in [2.45, 2.75) is 0 Å². The predicted octanol–water partition coefficient (Wildman–Crippen LogP) is 1.32. The highest BCUT2D eigenvalue weighted by Crippen LogP contribution is 2.13. The van der Waals surface area contributed by atoms with E-state index in [2.05, 4.69) is 10.5 Å². The summed E-state index contributed by atoms with van der Waals surface area (Å²) >= 11 is 0. The molecule has 20 heavy (non-hydrogen) atoms. The van der Waals surface area contributed by atoms with Crippen molar-refractivity contribution in [1.82, 2.24) is 5.43 Å². The Morgan fingerprint density at radius 3 is 2.55 bits per heavy atom. The monoisotopic (exact) mass is 270 g/mol. The van der Waals surface area contributed by atoms with Crippen LogP contribution in [-0.2, 0) is 0 Å². The Kier molecular flexibility index (Phi) is 3.85. The van der Waals surface area contributed by atoms with E-state index in [0.717, 1.165) is 0 Å². The van der Waals surface area contributed by atoms with Gasteiger partial charge in [-0.05, 0) is 42.5 Å². The van der Waals surface area contributed by atoms with Gasteiger partial charge in [0.2, 0.25) is 0 Å². The molecule has 0 aliphatic carbocycles. The molecule has 0 aliphatic heterocycles. The summed E-state index contributed by atoms with van der Waals surface area (Å²) < 4.78 is 0. The van der Waals surface area contributed by atoms with Gasteiger partial charge in [-0.25, -0.2) is 5.43 Å². The predicted molar refractivity (Wildman–Crippen MR) is 78.4 cm³/mol. The molecule has 0 radical (unpaired) electrons. The number of amides is 1. The Morgan fingerprint density at radius 1 is 1.15 bits per heavy atom. The van der Waals surface area contributed by atoms with E-state index in [4.69, 9.17) is 16.6 Å². The number of nitrogen functional groups attached to an aromatic ring is 2. The van der Waals surface area contributed by atoms with Crippen LogP contribution in [0.25, 0.3) is 0 Å². The smallest absolute Gasteiger partial charge is 0.271 e. The summed E-state index contributed by atoms with van der Waals surface area (Å²) in [4.78, 5) is 11.7. The second-order valence-electron chi connectivity index (χ2n) is 4.13. The Morgan fingerprint density at radius 2 is 1.85 bits per heavy atom. The number of aromatic hydroxyl groups is 1. The number of nitrogens with two attached hydrogens (primary N) is 2. The van der Waals surface area contributed by atoms with E-state index < -0.39 is 0 Å². The first-order chi connectivity index (χ1) is 9.56. The third-order valence-corrected chi connectivity index (χ3v) is 2.61.